The number of pyridine rings is 1. The number of aliphatic hydroxyl groups excluding tert-OH is 1. The van der Waals surface area contributed by atoms with Gasteiger partial charge in [0.25, 0.3) is 0 Å². The molecule has 0 saturated carbocycles. The summed E-state index contributed by atoms with van der Waals surface area (Å²) in [5.41, 5.74) is 3.15. The third-order valence-corrected chi connectivity index (χ3v) is 4.25. The third-order valence-electron chi connectivity index (χ3n) is 3.79. The molecule has 1 atom stereocenters. The molecule has 0 aliphatic rings. The maximum Gasteiger partial charge on any atom is 0.146 e. The Kier molecular flexibility index (Phi) is 6.27. The van der Waals surface area contributed by atoms with E-state index in [9.17, 15) is 9.50 Å². The fraction of sp³-hybridized carbons (Fsp3) is 0.389. The summed E-state index contributed by atoms with van der Waals surface area (Å²) in [6.45, 7) is 6.34. The van der Waals surface area contributed by atoms with Crippen LogP contribution in [0.15, 0.2) is 34.8 Å². The van der Waals surface area contributed by atoms with Crippen LogP contribution in [0.3, 0.4) is 0 Å². The molecule has 0 radical (unpaired) electrons. The Morgan fingerprint density at radius 3 is 2.61 bits per heavy atom. The Morgan fingerprint density at radius 2 is 2.00 bits per heavy atom. The van der Waals surface area contributed by atoms with Crippen molar-refractivity contribution in [2.45, 2.75) is 33.4 Å². The molecule has 5 heteroatoms. The van der Waals surface area contributed by atoms with E-state index in [1.807, 2.05) is 39.0 Å². The van der Waals surface area contributed by atoms with Crippen molar-refractivity contribution in [1.82, 2.24) is 10.3 Å². The van der Waals surface area contributed by atoms with Crippen LogP contribution in [0, 0.1) is 18.7 Å². The first-order valence-corrected chi connectivity index (χ1v) is 8.47. The molecule has 0 saturated heterocycles. The molecular weight excluding hydrogens is 359 g/mol. The minimum atomic E-state index is -0.339. The number of hydrogen-bond acceptors (Lipinski definition) is 3. The van der Waals surface area contributed by atoms with Crippen molar-refractivity contribution in [1.29, 1.82) is 0 Å². The van der Waals surface area contributed by atoms with Gasteiger partial charge < -0.3 is 10.4 Å². The lowest BCUT2D eigenvalue weighted by atomic mass is 10.1. The first-order valence-electron chi connectivity index (χ1n) is 7.68. The number of nitrogens with zero attached hydrogens (tertiary/aromatic N) is 1. The van der Waals surface area contributed by atoms with Crippen LogP contribution >= 0.6 is 15.9 Å². The summed E-state index contributed by atoms with van der Waals surface area (Å²) < 4.78 is 15.0. The van der Waals surface area contributed by atoms with Gasteiger partial charge in [-0.05, 0) is 48.7 Å². The lowest BCUT2D eigenvalue weighted by Crippen LogP contribution is -2.36. The number of aryl methyl sites for hydroxylation is 1. The van der Waals surface area contributed by atoms with Crippen LogP contribution in [0.2, 0.25) is 0 Å². The van der Waals surface area contributed by atoms with E-state index in [4.69, 9.17) is 0 Å². The summed E-state index contributed by atoms with van der Waals surface area (Å²) in [5, 5.41) is 12.5. The van der Waals surface area contributed by atoms with Crippen molar-refractivity contribution in [3.05, 3.63) is 51.9 Å². The summed E-state index contributed by atoms with van der Waals surface area (Å²) in [4.78, 5) is 4.45. The first-order chi connectivity index (χ1) is 10.9. The van der Waals surface area contributed by atoms with Gasteiger partial charge in [0.1, 0.15) is 5.82 Å². The van der Waals surface area contributed by atoms with E-state index in [0.717, 1.165) is 21.3 Å². The second kappa shape index (κ2) is 7.99. The van der Waals surface area contributed by atoms with Crippen LogP contribution in [-0.4, -0.2) is 22.7 Å². The number of rotatable bonds is 6. The number of halogens is 2. The zero-order valence-corrected chi connectivity index (χ0v) is 15.2. The Balaban J connectivity index is 2.25. The van der Waals surface area contributed by atoms with Gasteiger partial charge in [-0.15, -0.1) is 0 Å². The molecule has 1 aromatic carbocycles. The van der Waals surface area contributed by atoms with Gasteiger partial charge in [-0.1, -0.05) is 29.8 Å². The highest BCUT2D eigenvalue weighted by molar-refractivity contribution is 9.10. The van der Waals surface area contributed by atoms with Crippen molar-refractivity contribution in [2.75, 3.05) is 6.61 Å². The molecule has 2 rings (SSSR count). The van der Waals surface area contributed by atoms with E-state index in [2.05, 4.69) is 26.2 Å². The van der Waals surface area contributed by atoms with E-state index in [1.54, 1.807) is 6.07 Å². The largest absolute Gasteiger partial charge is 0.395 e. The average Bonchev–Trinajstić information content (AvgIpc) is 2.48. The Labute approximate surface area is 145 Å². The fourth-order valence-corrected chi connectivity index (χ4v) is 3.00. The monoisotopic (exact) mass is 380 g/mol. The van der Waals surface area contributed by atoms with Crippen LogP contribution in [0.25, 0.3) is 11.3 Å². The molecule has 0 aliphatic carbocycles. The second-order valence-corrected chi connectivity index (χ2v) is 6.97. The van der Waals surface area contributed by atoms with Crippen LogP contribution in [0.1, 0.15) is 25.1 Å². The molecule has 1 aromatic heterocycles. The van der Waals surface area contributed by atoms with E-state index in [1.165, 1.54) is 6.07 Å². The molecule has 0 bridgehead atoms. The summed E-state index contributed by atoms with van der Waals surface area (Å²) in [6, 6.07) is 9.06. The van der Waals surface area contributed by atoms with Crippen LogP contribution in [0.4, 0.5) is 4.39 Å². The Hall–Kier alpha value is -1.30. The zero-order valence-electron chi connectivity index (χ0n) is 13.6. The van der Waals surface area contributed by atoms with Crippen LogP contribution in [-0.2, 0) is 6.54 Å². The van der Waals surface area contributed by atoms with Gasteiger partial charge in [-0.3, -0.25) is 0 Å². The fourth-order valence-electron chi connectivity index (χ4n) is 2.39. The molecule has 1 heterocycles. The maximum atomic E-state index is 14.0. The van der Waals surface area contributed by atoms with Gasteiger partial charge in [0.05, 0.1) is 18.0 Å². The summed E-state index contributed by atoms with van der Waals surface area (Å²) in [7, 11) is 0. The lowest BCUT2D eigenvalue weighted by Gasteiger charge is -2.20. The molecule has 3 nitrogen and oxygen atoms in total. The average molecular weight is 381 g/mol. The second-order valence-electron chi connectivity index (χ2n) is 6.06. The highest BCUT2D eigenvalue weighted by Gasteiger charge is 2.14. The van der Waals surface area contributed by atoms with Crippen molar-refractivity contribution in [3.63, 3.8) is 0 Å². The summed E-state index contributed by atoms with van der Waals surface area (Å²) in [5.74, 6) is -0.0765. The highest BCUT2D eigenvalue weighted by atomic mass is 79.9. The standard InChI is InChI=1S/C18H22BrFN2O/c1-11(2)18(10-23)21-9-17-15(20)4-5-16(22-17)13-6-12(3)7-14(19)8-13/h4-8,11,18,21,23H,9-10H2,1-3H3/t18-/m0/s1. The predicted molar refractivity (Wildman–Crippen MR) is 94.6 cm³/mol. The summed E-state index contributed by atoms with van der Waals surface area (Å²) in [6.07, 6.45) is 0. The SMILES string of the molecule is Cc1cc(Br)cc(-c2ccc(F)c(CN[C@@H](CO)C(C)C)n2)c1. The number of hydrogen-bond donors (Lipinski definition) is 2. The molecule has 2 N–H and O–H groups in total. The molecule has 0 amide bonds. The first kappa shape index (κ1) is 18.0. The molecule has 124 valence electrons. The molecule has 0 aliphatic heterocycles. The number of benzene rings is 1. The molecule has 0 unspecified atom stereocenters. The van der Waals surface area contributed by atoms with Gasteiger partial charge in [0, 0.05) is 22.6 Å². The summed E-state index contributed by atoms with van der Waals surface area (Å²) >= 11 is 3.48. The van der Waals surface area contributed by atoms with Gasteiger partial charge in [0.2, 0.25) is 0 Å². The van der Waals surface area contributed by atoms with Crippen LogP contribution < -0.4 is 5.32 Å². The minimum Gasteiger partial charge on any atom is -0.395 e. The Morgan fingerprint density at radius 1 is 1.26 bits per heavy atom. The quantitative estimate of drug-likeness (QED) is 0.793. The van der Waals surface area contributed by atoms with Crippen LogP contribution in [0.5, 0.6) is 0 Å². The van der Waals surface area contributed by atoms with Gasteiger partial charge in [-0.25, -0.2) is 9.37 Å². The molecule has 23 heavy (non-hydrogen) atoms. The number of aliphatic hydroxyl groups is 1. The van der Waals surface area contributed by atoms with E-state index >= 15 is 0 Å². The van der Waals surface area contributed by atoms with Gasteiger partial charge >= 0.3 is 0 Å². The third kappa shape index (κ3) is 4.83. The molecule has 0 spiro atoms. The molecule has 2 aromatic rings. The highest BCUT2D eigenvalue weighted by Crippen LogP contribution is 2.24. The van der Waals surface area contributed by atoms with Crippen molar-refractivity contribution in [3.8, 4) is 11.3 Å². The smallest absolute Gasteiger partial charge is 0.146 e. The van der Waals surface area contributed by atoms with Crippen molar-refractivity contribution >= 4 is 15.9 Å². The molecule has 0 fully saturated rings. The minimum absolute atomic E-state index is 0.0177. The zero-order chi connectivity index (χ0) is 17.0. The van der Waals surface area contributed by atoms with Gasteiger partial charge in [-0.2, -0.15) is 0 Å². The maximum absolute atomic E-state index is 14.0. The predicted octanol–water partition coefficient (Wildman–Crippen LogP) is 4.07. The Bertz CT molecular complexity index is 656. The van der Waals surface area contributed by atoms with Gasteiger partial charge in [0.15, 0.2) is 0 Å². The van der Waals surface area contributed by atoms with E-state index in [-0.39, 0.29) is 30.9 Å². The molecular formula is C18H22BrFN2O. The van der Waals surface area contributed by atoms with E-state index in [0.29, 0.717) is 5.69 Å². The van der Waals surface area contributed by atoms with Crippen molar-refractivity contribution < 1.29 is 9.50 Å². The van der Waals surface area contributed by atoms with Crippen molar-refractivity contribution in [2.24, 2.45) is 5.92 Å². The van der Waals surface area contributed by atoms with E-state index < -0.39 is 0 Å². The normalized spacial score (nSPS) is 12.7. The lowest BCUT2D eigenvalue weighted by molar-refractivity contribution is 0.209. The topological polar surface area (TPSA) is 45.1 Å². The number of aromatic nitrogens is 1. The number of nitrogens with one attached hydrogen (secondary N) is 1.